The van der Waals surface area contributed by atoms with Crippen molar-refractivity contribution in [2.75, 3.05) is 0 Å². The number of rotatable bonds is 2. The Labute approximate surface area is 112 Å². The molecule has 0 bridgehead atoms. The number of nitriles is 1. The molecular weight excluding hydrogens is 222 g/mol. The number of hydrogen-bond donors (Lipinski definition) is 1. The molecule has 18 heavy (non-hydrogen) atoms. The van der Waals surface area contributed by atoms with Crippen LogP contribution in [0.5, 0.6) is 0 Å². The van der Waals surface area contributed by atoms with E-state index in [1.807, 2.05) is 13.8 Å². The van der Waals surface area contributed by atoms with Gasteiger partial charge in [0.25, 0.3) is 0 Å². The van der Waals surface area contributed by atoms with Crippen LogP contribution in [0.1, 0.15) is 66.2 Å². The Kier molecular flexibility index (Phi) is 5.66. The molecule has 0 radical (unpaired) electrons. The maximum Gasteiger partial charge on any atom is 0.0658 e. The lowest BCUT2D eigenvalue weighted by molar-refractivity contribution is -0.0241. The molecule has 2 saturated carbocycles. The van der Waals surface area contributed by atoms with Crippen LogP contribution >= 0.6 is 0 Å². The smallest absolute Gasteiger partial charge is 0.0658 e. The van der Waals surface area contributed by atoms with Crippen LogP contribution in [0.2, 0.25) is 0 Å². The molecule has 5 unspecified atom stereocenters. The van der Waals surface area contributed by atoms with Crippen molar-refractivity contribution in [3.8, 4) is 6.07 Å². The minimum Gasteiger partial charge on any atom is -0.393 e. The molecule has 2 heteroatoms. The van der Waals surface area contributed by atoms with E-state index >= 15 is 0 Å². The molecule has 2 aliphatic rings. The predicted molar refractivity (Wildman–Crippen MR) is 74.9 cm³/mol. The monoisotopic (exact) mass is 251 g/mol. The van der Waals surface area contributed by atoms with E-state index in [1.165, 1.54) is 6.42 Å². The molecule has 2 fully saturated rings. The van der Waals surface area contributed by atoms with Gasteiger partial charge in [-0.2, -0.15) is 5.26 Å². The van der Waals surface area contributed by atoms with Gasteiger partial charge in [-0.25, -0.2) is 0 Å². The fourth-order valence-electron chi connectivity index (χ4n) is 4.32. The standard InChI is InChI=1S/C14H23NO.C2H6/c1-3-10(9-15)11-6-7-12-13(16)5-4-8-14(11,12)2;1-2/h10-13,16H,3-8H2,1-2H3;1-2H3. The first-order valence-electron chi connectivity index (χ1n) is 7.71. The van der Waals surface area contributed by atoms with Gasteiger partial charge in [-0.3, -0.25) is 0 Å². The Morgan fingerprint density at radius 3 is 2.56 bits per heavy atom. The van der Waals surface area contributed by atoms with Crippen molar-refractivity contribution in [3.63, 3.8) is 0 Å². The molecule has 0 heterocycles. The van der Waals surface area contributed by atoms with Gasteiger partial charge < -0.3 is 5.11 Å². The van der Waals surface area contributed by atoms with E-state index in [0.717, 1.165) is 32.1 Å². The molecule has 1 N–H and O–H groups in total. The van der Waals surface area contributed by atoms with Crippen LogP contribution in [0.15, 0.2) is 0 Å². The lowest BCUT2D eigenvalue weighted by Gasteiger charge is -2.44. The summed E-state index contributed by atoms with van der Waals surface area (Å²) in [5.74, 6) is 1.16. The van der Waals surface area contributed by atoms with E-state index in [9.17, 15) is 10.4 Å². The van der Waals surface area contributed by atoms with Gasteiger partial charge in [0.05, 0.1) is 12.2 Å². The summed E-state index contributed by atoms with van der Waals surface area (Å²) in [4.78, 5) is 0. The zero-order valence-corrected chi connectivity index (χ0v) is 12.4. The molecule has 0 saturated heterocycles. The van der Waals surface area contributed by atoms with E-state index in [-0.39, 0.29) is 17.4 Å². The van der Waals surface area contributed by atoms with E-state index in [2.05, 4.69) is 19.9 Å². The van der Waals surface area contributed by atoms with Crippen molar-refractivity contribution < 1.29 is 5.11 Å². The van der Waals surface area contributed by atoms with Crippen LogP contribution in [0.3, 0.4) is 0 Å². The van der Waals surface area contributed by atoms with E-state index in [4.69, 9.17) is 0 Å². The van der Waals surface area contributed by atoms with Crippen molar-refractivity contribution >= 4 is 0 Å². The third-order valence-corrected chi connectivity index (χ3v) is 5.25. The highest BCUT2D eigenvalue weighted by Gasteiger charge is 2.52. The van der Waals surface area contributed by atoms with Gasteiger partial charge in [0, 0.05) is 5.92 Å². The molecule has 104 valence electrons. The molecule has 2 aliphatic carbocycles. The Hall–Kier alpha value is -0.550. The summed E-state index contributed by atoms with van der Waals surface area (Å²) < 4.78 is 0. The number of fused-ring (bicyclic) bond motifs is 1. The van der Waals surface area contributed by atoms with Gasteiger partial charge in [0.15, 0.2) is 0 Å². The number of hydrogen-bond acceptors (Lipinski definition) is 2. The topological polar surface area (TPSA) is 44.0 Å². The summed E-state index contributed by atoms with van der Waals surface area (Å²) >= 11 is 0. The number of aliphatic hydroxyl groups is 1. The number of nitrogens with zero attached hydrogens (tertiary/aromatic N) is 1. The molecule has 0 amide bonds. The third-order valence-electron chi connectivity index (χ3n) is 5.25. The van der Waals surface area contributed by atoms with Crippen LogP contribution in [0.4, 0.5) is 0 Å². The lowest BCUT2D eigenvalue weighted by atomic mass is 9.61. The maximum absolute atomic E-state index is 10.1. The van der Waals surface area contributed by atoms with E-state index in [1.54, 1.807) is 0 Å². The van der Waals surface area contributed by atoms with Gasteiger partial charge in [-0.15, -0.1) is 0 Å². The molecular formula is C16H29NO. The largest absolute Gasteiger partial charge is 0.393 e. The van der Waals surface area contributed by atoms with Crippen LogP contribution in [0, 0.1) is 34.5 Å². The minimum atomic E-state index is -0.111. The highest BCUT2D eigenvalue weighted by atomic mass is 16.3. The first-order chi connectivity index (χ1) is 8.63. The van der Waals surface area contributed by atoms with Gasteiger partial charge in [-0.05, 0) is 49.4 Å². The van der Waals surface area contributed by atoms with Crippen LogP contribution < -0.4 is 0 Å². The van der Waals surface area contributed by atoms with Crippen molar-refractivity contribution in [1.82, 2.24) is 0 Å². The van der Waals surface area contributed by atoms with Crippen molar-refractivity contribution in [2.24, 2.45) is 23.2 Å². The maximum atomic E-state index is 10.1. The van der Waals surface area contributed by atoms with Crippen molar-refractivity contribution in [2.45, 2.75) is 72.3 Å². The zero-order chi connectivity index (χ0) is 13.8. The Morgan fingerprint density at radius 1 is 1.33 bits per heavy atom. The number of aliphatic hydroxyl groups excluding tert-OH is 1. The molecule has 2 nitrogen and oxygen atoms in total. The van der Waals surface area contributed by atoms with Crippen molar-refractivity contribution in [3.05, 3.63) is 0 Å². The first kappa shape index (κ1) is 15.5. The van der Waals surface area contributed by atoms with Crippen molar-refractivity contribution in [1.29, 1.82) is 5.26 Å². The summed E-state index contributed by atoms with van der Waals surface area (Å²) in [6, 6.07) is 2.49. The van der Waals surface area contributed by atoms with Gasteiger partial charge in [0.2, 0.25) is 0 Å². The summed E-state index contributed by atoms with van der Waals surface area (Å²) in [5, 5.41) is 19.4. The van der Waals surface area contributed by atoms with Gasteiger partial charge >= 0.3 is 0 Å². The second kappa shape index (κ2) is 6.57. The fourth-order valence-corrected chi connectivity index (χ4v) is 4.32. The van der Waals surface area contributed by atoms with E-state index < -0.39 is 0 Å². The molecule has 2 rings (SSSR count). The van der Waals surface area contributed by atoms with Gasteiger partial charge in [-0.1, -0.05) is 34.1 Å². The third kappa shape index (κ3) is 2.57. The molecule has 0 aromatic rings. The molecule has 0 aromatic heterocycles. The zero-order valence-electron chi connectivity index (χ0n) is 12.4. The minimum absolute atomic E-state index is 0.111. The average Bonchev–Trinajstić information content (AvgIpc) is 2.73. The quantitative estimate of drug-likeness (QED) is 0.801. The van der Waals surface area contributed by atoms with Crippen LogP contribution in [0.25, 0.3) is 0 Å². The summed E-state index contributed by atoms with van der Waals surface area (Å²) in [6.45, 7) is 8.43. The van der Waals surface area contributed by atoms with Crippen LogP contribution in [-0.2, 0) is 0 Å². The molecule has 0 aliphatic heterocycles. The molecule has 5 atom stereocenters. The Morgan fingerprint density at radius 2 is 2.00 bits per heavy atom. The summed E-state index contributed by atoms with van der Waals surface area (Å²) in [7, 11) is 0. The first-order valence-corrected chi connectivity index (χ1v) is 7.71. The SMILES string of the molecule is CC.CCC(C#N)C1CCC2C(O)CCCC21C. The van der Waals surface area contributed by atoms with Gasteiger partial charge in [0.1, 0.15) is 0 Å². The highest BCUT2D eigenvalue weighted by molar-refractivity contribution is 5.05. The second-order valence-electron chi connectivity index (χ2n) is 5.90. The van der Waals surface area contributed by atoms with E-state index in [0.29, 0.717) is 11.8 Å². The fraction of sp³-hybridized carbons (Fsp3) is 0.938. The average molecular weight is 251 g/mol. The Bertz CT molecular complexity index is 296. The summed E-state index contributed by atoms with van der Waals surface area (Å²) in [6.07, 6.45) is 6.42. The predicted octanol–water partition coefficient (Wildman–Crippen LogP) is 4.14. The summed E-state index contributed by atoms with van der Waals surface area (Å²) in [5.41, 5.74) is 0.230. The highest BCUT2D eigenvalue weighted by Crippen LogP contribution is 2.57. The second-order valence-corrected chi connectivity index (χ2v) is 5.90. The molecule has 0 aromatic carbocycles. The Balaban J connectivity index is 0.000000771. The molecule has 0 spiro atoms. The lowest BCUT2D eigenvalue weighted by Crippen LogP contribution is -2.41. The normalized spacial score (nSPS) is 40.1. The van der Waals surface area contributed by atoms with Crippen LogP contribution in [-0.4, -0.2) is 11.2 Å².